The summed E-state index contributed by atoms with van der Waals surface area (Å²) in [6.45, 7) is 9.47. The second-order valence-corrected chi connectivity index (χ2v) is 27.8. The van der Waals surface area contributed by atoms with Crippen LogP contribution >= 0.6 is 15.6 Å². The third-order valence-corrected chi connectivity index (χ3v) is 17.7. The van der Waals surface area contributed by atoms with E-state index < -0.39 is 97.5 Å². The highest BCUT2D eigenvalue weighted by molar-refractivity contribution is 7.47. The summed E-state index contributed by atoms with van der Waals surface area (Å²) in [4.78, 5) is 72.2. The zero-order valence-corrected chi connectivity index (χ0v) is 57.4. The van der Waals surface area contributed by atoms with Crippen molar-refractivity contribution in [2.75, 3.05) is 39.6 Å². The van der Waals surface area contributed by atoms with Crippen molar-refractivity contribution in [2.24, 2.45) is 11.8 Å². The van der Waals surface area contributed by atoms with Gasteiger partial charge < -0.3 is 33.8 Å². The molecule has 6 atom stereocenters. The Morgan fingerprint density at radius 1 is 0.337 bits per heavy atom. The second-order valence-electron chi connectivity index (χ2n) is 24.9. The Kier molecular flexibility index (Phi) is 58.0. The number of hydrogen-bond donors (Lipinski definition) is 3. The van der Waals surface area contributed by atoms with Gasteiger partial charge in [0.15, 0.2) is 12.2 Å². The molecule has 0 aromatic rings. The fraction of sp³-hybridized carbons (Fsp3) is 0.940. The van der Waals surface area contributed by atoms with E-state index in [0.29, 0.717) is 25.7 Å². The summed E-state index contributed by atoms with van der Waals surface area (Å²) < 4.78 is 68.0. The van der Waals surface area contributed by atoms with Gasteiger partial charge in [-0.3, -0.25) is 37.3 Å². The van der Waals surface area contributed by atoms with E-state index >= 15 is 0 Å². The highest BCUT2D eigenvalue weighted by Gasteiger charge is 2.30. The van der Waals surface area contributed by atoms with Crippen LogP contribution in [0.3, 0.4) is 0 Å². The van der Waals surface area contributed by atoms with Crippen LogP contribution in [0, 0.1) is 11.8 Å². The molecule has 0 heterocycles. The van der Waals surface area contributed by atoms with E-state index in [-0.39, 0.29) is 25.7 Å². The normalized spacial score (nSPS) is 14.5. The van der Waals surface area contributed by atoms with Crippen molar-refractivity contribution in [3.05, 3.63) is 0 Å². The fourth-order valence-corrected chi connectivity index (χ4v) is 11.6. The van der Waals surface area contributed by atoms with Crippen LogP contribution in [0.2, 0.25) is 0 Å². The average molecular weight is 1270 g/mol. The number of esters is 4. The van der Waals surface area contributed by atoms with Gasteiger partial charge in [-0.1, -0.05) is 286 Å². The molecule has 0 aromatic heterocycles. The van der Waals surface area contributed by atoms with Crippen LogP contribution in [0.15, 0.2) is 0 Å². The van der Waals surface area contributed by atoms with Gasteiger partial charge in [0.1, 0.15) is 19.3 Å². The van der Waals surface area contributed by atoms with Gasteiger partial charge in [-0.05, 0) is 37.5 Å². The lowest BCUT2D eigenvalue weighted by atomic mass is 9.99. The first-order chi connectivity index (χ1) is 41.4. The maximum absolute atomic E-state index is 13.0. The lowest BCUT2D eigenvalue weighted by molar-refractivity contribution is -0.161. The second kappa shape index (κ2) is 59.4. The van der Waals surface area contributed by atoms with Crippen molar-refractivity contribution < 1.29 is 80.2 Å². The number of ether oxygens (including phenoxy) is 4. The molecule has 510 valence electrons. The van der Waals surface area contributed by atoms with Crippen molar-refractivity contribution in [2.45, 2.75) is 355 Å². The molecule has 17 nitrogen and oxygen atoms in total. The summed E-state index contributed by atoms with van der Waals surface area (Å²) in [5.74, 6) is -0.563. The molecule has 0 fully saturated rings. The van der Waals surface area contributed by atoms with E-state index in [1.807, 2.05) is 0 Å². The molecule has 0 saturated carbocycles. The van der Waals surface area contributed by atoms with Gasteiger partial charge in [-0.15, -0.1) is 0 Å². The molecule has 0 aliphatic rings. The van der Waals surface area contributed by atoms with Crippen LogP contribution in [0.4, 0.5) is 0 Å². The first-order valence-corrected chi connectivity index (χ1v) is 38.0. The Morgan fingerprint density at radius 3 is 0.884 bits per heavy atom. The molecular weight excluding hydrogens is 1140 g/mol. The van der Waals surface area contributed by atoms with E-state index in [9.17, 15) is 43.2 Å². The molecule has 86 heavy (non-hydrogen) atoms. The number of unbranched alkanes of at least 4 members (excludes halogenated alkanes) is 35. The van der Waals surface area contributed by atoms with Gasteiger partial charge in [0.05, 0.1) is 26.4 Å². The number of carbonyl (C=O) groups is 4. The molecule has 0 aromatic carbocycles. The maximum atomic E-state index is 13.0. The third kappa shape index (κ3) is 59.7. The quantitative estimate of drug-likeness (QED) is 0.0222. The van der Waals surface area contributed by atoms with Gasteiger partial charge in [0.25, 0.3) is 0 Å². The van der Waals surface area contributed by atoms with Crippen molar-refractivity contribution in [1.82, 2.24) is 0 Å². The first-order valence-electron chi connectivity index (χ1n) is 35.0. The average Bonchev–Trinajstić information content (AvgIpc) is 3.65. The van der Waals surface area contributed by atoms with Crippen LogP contribution in [-0.2, 0) is 65.4 Å². The van der Waals surface area contributed by atoms with Gasteiger partial charge in [-0.25, -0.2) is 9.13 Å². The standard InChI is InChI=1S/C67H130O17P2/c1-7-10-12-14-15-16-17-18-21-28-33-39-45-51-66(71)83-62(55-77-64(69)49-43-35-13-11-8-2)57-81-85(73,74)79-53-61(68)54-80-86(75,76)82-58-63(84-67(72)52-46-40-34-29-22-19-20-25-30-36-41-47-59(4)5)56-78-65(70)50-44-38-32-27-24-23-26-31-37-42-48-60(6)9-3/h59-63,68H,7-58H2,1-6H3,(H,73,74)(H,75,76)/t60?,61-,62+,63+/m0/s1. The molecule has 0 saturated heterocycles. The number of aliphatic hydroxyl groups excluding tert-OH is 1. The van der Waals surface area contributed by atoms with Gasteiger partial charge >= 0.3 is 39.5 Å². The predicted molar refractivity (Wildman–Crippen MR) is 345 cm³/mol. The molecule has 0 aliphatic heterocycles. The third-order valence-electron chi connectivity index (χ3n) is 15.8. The summed E-state index contributed by atoms with van der Waals surface area (Å²) in [5, 5.41) is 10.5. The number of hydrogen-bond acceptors (Lipinski definition) is 15. The Morgan fingerprint density at radius 2 is 0.593 bits per heavy atom. The number of phosphoric acid groups is 2. The molecule has 0 aliphatic carbocycles. The number of phosphoric ester groups is 2. The SMILES string of the molecule is CCCCCCCCCCCCCCCC(=O)O[C@H](COC(=O)CCCCCCC)COP(=O)(O)OC[C@H](O)COP(=O)(O)OC[C@@H](COC(=O)CCCCCCCCCCCCC(C)CC)OC(=O)CCCCCCCCCCCCCC(C)C. The molecule has 0 rings (SSSR count). The highest BCUT2D eigenvalue weighted by Crippen LogP contribution is 2.45. The van der Waals surface area contributed by atoms with E-state index in [0.717, 1.165) is 108 Å². The minimum Gasteiger partial charge on any atom is -0.462 e. The van der Waals surface area contributed by atoms with Crippen LogP contribution in [0.5, 0.6) is 0 Å². The number of carbonyl (C=O) groups excluding carboxylic acids is 4. The monoisotopic (exact) mass is 1270 g/mol. The van der Waals surface area contributed by atoms with Crippen LogP contribution in [0.1, 0.15) is 337 Å². The van der Waals surface area contributed by atoms with E-state index in [1.54, 1.807) is 0 Å². The van der Waals surface area contributed by atoms with Crippen molar-refractivity contribution >= 4 is 39.5 Å². The molecule has 0 amide bonds. The molecule has 19 heteroatoms. The zero-order chi connectivity index (χ0) is 63.6. The molecule has 0 bridgehead atoms. The smallest absolute Gasteiger partial charge is 0.462 e. The Hall–Kier alpha value is -1.94. The summed E-state index contributed by atoms with van der Waals surface area (Å²) in [6, 6.07) is 0. The molecule has 3 unspecified atom stereocenters. The lowest BCUT2D eigenvalue weighted by Crippen LogP contribution is -2.30. The van der Waals surface area contributed by atoms with Crippen LogP contribution in [-0.4, -0.2) is 96.7 Å². The number of rotatable bonds is 66. The zero-order valence-electron chi connectivity index (χ0n) is 55.6. The Bertz CT molecular complexity index is 1690. The van der Waals surface area contributed by atoms with Crippen molar-refractivity contribution in [1.29, 1.82) is 0 Å². The number of aliphatic hydroxyl groups is 1. The largest absolute Gasteiger partial charge is 0.472 e. The first kappa shape index (κ1) is 84.1. The highest BCUT2D eigenvalue weighted by atomic mass is 31.2. The van der Waals surface area contributed by atoms with Crippen molar-refractivity contribution in [3.8, 4) is 0 Å². The summed E-state index contributed by atoms with van der Waals surface area (Å²) in [6.07, 6.45) is 43.2. The molecule has 0 spiro atoms. The van der Waals surface area contributed by atoms with Gasteiger partial charge in [-0.2, -0.15) is 0 Å². The maximum Gasteiger partial charge on any atom is 0.472 e. The minimum absolute atomic E-state index is 0.106. The van der Waals surface area contributed by atoms with Crippen LogP contribution < -0.4 is 0 Å². The Labute approximate surface area is 524 Å². The molecule has 3 N–H and O–H groups in total. The van der Waals surface area contributed by atoms with E-state index in [1.165, 1.54) is 148 Å². The van der Waals surface area contributed by atoms with Crippen molar-refractivity contribution in [3.63, 3.8) is 0 Å². The van der Waals surface area contributed by atoms with Crippen LogP contribution in [0.25, 0.3) is 0 Å². The van der Waals surface area contributed by atoms with E-state index in [4.69, 9.17) is 37.0 Å². The molecule has 0 radical (unpaired) electrons. The van der Waals surface area contributed by atoms with E-state index in [2.05, 4.69) is 41.5 Å². The summed E-state index contributed by atoms with van der Waals surface area (Å²) >= 11 is 0. The topological polar surface area (TPSA) is 237 Å². The van der Waals surface area contributed by atoms with Gasteiger partial charge in [0, 0.05) is 25.7 Å². The summed E-state index contributed by atoms with van der Waals surface area (Å²) in [7, 11) is -9.89. The lowest BCUT2D eigenvalue weighted by Gasteiger charge is -2.21. The predicted octanol–water partition coefficient (Wildman–Crippen LogP) is 18.8. The fourth-order valence-electron chi connectivity index (χ4n) is 10.0. The van der Waals surface area contributed by atoms with Gasteiger partial charge in [0.2, 0.25) is 0 Å². The molecular formula is C67H130O17P2. The summed E-state index contributed by atoms with van der Waals surface area (Å²) in [5.41, 5.74) is 0. The Balaban J connectivity index is 5.18. The minimum atomic E-state index is -4.95.